The van der Waals surface area contributed by atoms with Gasteiger partial charge in [0, 0.05) is 18.1 Å². The van der Waals surface area contributed by atoms with E-state index in [4.69, 9.17) is 5.73 Å². The second kappa shape index (κ2) is 5.50. The number of hydrogen-bond acceptors (Lipinski definition) is 2. The Bertz CT molecular complexity index is 262. The fourth-order valence-electron chi connectivity index (χ4n) is 3.98. The highest BCUT2D eigenvalue weighted by Gasteiger charge is 2.43. The minimum Gasteiger partial charge on any atom is -0.329 e. The van der Waals surface area contributed by atoms with Gasteiger partial charge in [0.15, 0.2) is 0 Å². The van der Waals surface area contributed by atoms with Crippen molar-refractivity contribution >= 4 is 0 Å². The van der Waals surface area contributed by atoms with Gasteiger partial charge in [-0.3, -0.25) is 4.90 Å². The van der Waals surface area contributed by atoms with Gasteiger partial charge in [-0.25, -0.2) is 0 Å². The van der Waals surface area contributed by atoms with Crippen molar-refractivity contribution in [3.05, 3.63) is 0 Å². The predicted octanol–water partition coefficient (Wildman–Crippen LogP) is 3.55. The van der Waals surface area contributed by atoms with E-state index in [0.29, 0.717) is 11.0 Å². The first kappa shape index (κ1) is 14.3. The summed E-state index contributed by atoms with van der Waals surface area (Å²) in [7, 11) is 0. The molecule has 0 bridgehead atoms. The molecule has 18 heavy (non-hydrogen) atoms. The minimum atomic E-state index is 0.319. The molecule has 1 heterocycles. The minimum absolute atomic E-state index is 0.319. The van der Waals surface area contributed by atoms with E-state index in [1.165, 1.54) is 57.9 Å². The molecule has 0 aromatic heterocycles. The van der Waals surface area contributed by atoms with Gasteiger partial charge in [0.05, 0.1) is 0 Å². The van der Waals surface area contributed by atoms with Crippen LogP contribution in [0.15, 0.2) is 0 Å². The van der Waals surface area contributed by atoms with E-state index in [1.54, 1.807) is 0 Å². The third-order valence-corrected chi connectivity index (χ3v) is 5.58. The Hall–Kier alpha value is -0.0800. The Morgan fingerprint density at radius 3 is 2.33 bits per heavy atom. The highest BCUT2D eigenvalue weighted by Crippen LogP contribution is 2.44. The molecule has 2 fully saturated rings. The SMILES string of the molecule is CC1CCCCCN1C1(CN)CCC(C)(C)CC1. The lowest BCUT2D eigenvalue weighted by molar-refractivity contribution is -0.000661. The normalized spacial score (nSPS) is 33.0. The number of likely N-dealkylation sites (tertiary alicyclic amines) is 1. The fourth-order valence-corrected chi connectivity index (χ4v) is 3.98. The van der Waals surface area contributed by atoms with Crippen LogP contribution in [0.5, 0.6) is 0 Å². The lowest BCUT2D eigenvalue weighted by Gasteiger charge is -2.51. The molecular formula is C16H32N2. The summed E-state index contributed by atoms with van der Waals surface area (Å²) in [5.74, 6) is 0. The summed E-state index contributed by atoms with van der Waals surface area (Å²) >= 11 is 0. The Balaban J connectivity index is 2.11. The van der Waals surface area contributed by atoms with E-state index < -0.39 is 0 Å². The summed E-state index contributed by atoms with van der Waals surface area (Å²) in [5, 5.41) is 0. The van der Waals surface area contributed by atoms with Gasteiger partial charge >= 0.3 is 0 Å². The second-order valence-electron chi connectivity index (χ2n) is 7.48. The molecule has 2 heteroatoms. The van der Waals surface area contributed by atoms with Crippen LogP contribution in [0, 0.1) is 5.41 Å². The van der Waals surface area contributed by atoms with Crippen molar-refractivity contribution in [2.45, 2.75) is 83.7 Å². The summed E-state index contributed by atoms with van der Waals surface area (Å²) in [6.07, 6.45) is 10.8. The van der Waals surface area contributed by atoms with Gasteiger partial charge in [0.1, 0.15) is 0 Å². The van der Waals surface area contributed by atoms with Gasteiger partial charge in [-0.05, 0) is 57.4 Å². The monoisotopic (exact) mass is 252 g/mol. The van der Waals surface area contributed by atoms with Crippen LogP contribution < -0.4 is 5.73 Å². The number of hydrogen-bond donors (Lipinski definition) is 1. The summed E-state index contributed by atoms with van der Waals surface area (Å²) in [5.41, 5.74) is 7.08. The molecule has 2 nitrogen and oxygen atoms in total. The van der Waals surface area contributed by atoms with E-state index in [9.17, 15) is 0 Å². The molecule has 0 spiro atoms. The number of nitrogens with zero attached hydrogens (tertiary/aromatic N) is 1. The molecule has 0 aromatic rings. The van der Waals surface area contributed by atoms with Crippen LogP contribution in [-0.4, -0.2) is 29.6 Å². The highest BCUT2D eigenvalue weighted by molar-refractivity contribution is 4.99. The fraction of sp³-hybridized carbons (Fsp3) is 1.00. The molecule has 2 aliphatic rings. The Labute approximate surface area is 113 Å². The summed E-state index contributed by atoms with van der Waals surface area (Å²) in [6.45, 7) is 9.38. The maximum Gasteiger partial charge on any atom is 0.0334 e. The molecular weight excluding hydrogens is 220 g/mol. The summed E-state index contributed by atoms with van der Waals surface area (Å²) in [4.78, 5) is 2.79. The van der Waals surface area contributed by atoms with E-state index in [0.717, 1.165) is 12.6 Å². The Morgan fingerprint density at radius 2 is 1.72 bits per heavy atom. The topological polar surface area (TPSA) is 29.3 Å². The molecule has 0 aromatic carbocycles. The van der Waals surface area contributed by atoms with Crippen molar-refractivity contribution < 1.29 is 0 Å². The van der Waals surface area contributed by atoms with Gasteiger partial charge in [-0.1, -0.05) is 26.7 Å². The summed E-state index contributed by atoms with van der Waals surface area (Å²) in [6, 6.07) is 0.734. The van der Waals surface area contributed by atoms with Crippen LogP contribution in [0.3, 0.4) is 0 Å². The van der Waals surface area contributed by atoms with E-state index in [1.807, 2.05) is 0 Å². The van der Waals surface area contributed by atoms with Crippen LogP contribution in [0.25, 0.3) is 0 Å². The second-order valence-corrected chi connectivity index (χ2v) is 7.48. The van der Waals surface area contributed by atoms with Crippen molar-refractivity contribution in [1.29, 1.82) is 0 Å². The first-order chi connectivity index (χ1) is 8.49. The quantitative estimate of drug-likeness (QED) is 0.814. The first-order valence-corrected chi connectivity index (χ1v) is 7.96. The Kier molecular flexibility index (Phi) is 4.38. The van der Waals surface area contributed by atoms with Crippen molar-refractivity contribution in [2.75, 3.05) is 13.1 Å². The van der Waals surface area contributed by atoms with E-state index in [2.05, 4.69) is 25.7 Å². The molecule has 1 atom stereocenters. The molecule has 0 amide bonds. The van der Waals surface area contributed by atoms with Crippen LogP contribution in [0.4, 0.5) is 0 Å². The smallest absolute Gasteiger partial charge is 0.0334 e. The van der Waals surface area contributed by atoms with Crippen LogP contribution in [0.1, 0.15) is 72.1 Å². The Morgan fingerprint density at radius 1 is 1.06 bits per heavy atom. The number of rotatable bonds is 2. The molecule has 1 saturated heterocycles. The van der Waals surface area contributed by atoms with Gasteiger partial charge in [0.25, 0.3) is 0 Å². The standard InChI is InChI=1S/C16H32N2/c1-14-7-5-4-6-12-18(14)16(13-17)10-8-15(2,3)9-11-16/h14H,4-13,17H2,1-3H3. The highest BCUT2D eigenvalue weighted by atomic mass is 15.2. The first-order valence-electron chi connectivity index (χ1n) is 7.96. The third-order valence-electron chi connectivity index (χ3n) is 5.58. The average molecular weight is 252 g/mol. The van der Waals surface area contributed by atoms with Gasteiger partial charge < -0.3 is 5.73 Å². The van der Waals surface area contributed by atoms with E-state index in [-0.39, 0.29) is 0 Å². The van der Waals surface area contributed by atoms with E-state index >= 15 is 0 Å². The summed E-state index contributed by atoms with van der Waals surface area (Å²) < 4.78 is 0. The van der Waals surface area contributed by atoms with Gasteiger partial charge in [-0.15, -0.1) is 0 Å². The zero-order valence-corrected chi connectivity index (χ0v) is 12.7. The molecule has 1 aliphatic carbocycles. The van der Waals surface area contributed by atoms with Gasteiger partial charge in [0.2, 0.25) is 0 Å². The third kappa shape index (κ3) is 2.91. The lowest BCUT2D eigenvalue weighted by atomic mass is 9.68. The zero-order chi connectivity index (χ0) is 13.2. The van der Waals surface area contributed by atoms with Crippen LogP contribution in [-0.2, 0) is 0 Å². The number of nitrogens with two attached hydrogens (primary N) is 1. The predicted molar refractivity (Wildman–Crippen MR) is 78.7 cm³/mol. The maximum atomic E-state index is 6.23. The van der Waals surface area contributed by atoms with Crippen molar-refractivity contribution in [2.24, 2.45) is 11.1 Å². The molecule has 1 aliphatic heterocycles. The van der Waals surface area contributed by atoms with Crippen molar-refractivity contribution in [3.63, 3.8) is 0 Å². The van der Waals surface area contributed by atoms with Crippen LogP contribution >= 0.6 is 0 Å². The molecule has 2 rings (SSSR count). The molecule has 1 saturated carbocycles. The van der Waals surface area contributed by atoms with Gasteiger partial charge in [-0.2, -0.15) is 0 Å². The molecule has 1 unspecified atom stereocenters. The maximum absolute atomic E-state index is 6.23. The van der Waals surface area contributed by atoms with Crippen LogP contribution in [0.2, 0.25) is 0 Å². The molecule has 2 N–H and O–H groups in total. The molecule has 0 radical (unpaired) electrons. The largest absolute Gasteiger partial charge is 0.329 e. The average Bonchev–Trinajstić information content (AvgIpc) is 2.56. The zero-order valence-electron chi connectivity index (χ0n) is 12.7. The molecule has 106 valence electrons. The lowest BCUT2D eigenvalue weighted by Crippen LogP contribution is -2.59. The van der Waals surface area contributed by atoms with Crippen molar-refractivity contribution in [1.82, 2.24) is 4.90 Å². The van der Waals surface area contributed by atoms with Crippen molar-refractivity contribution in [3.8, 4) is 0 Å².